The maximum Gasteiger partial charge on any atom is 0.186 e. The fourth-order valence-electron chi connectivity index (χ4n) is 3.47. The number of hydrogen-bond acceptors (Lipinski definition) is 14. The van der Waals surface area contributed by atoms with E-state index in [0.717, 1.165) is 0 Å². The molecule has 0 aromatic heterocycles. The van der Waals surface area contributed by atoms with Gasteiger partial charge >= 0.3 is 0 Å². The smallest absolute Gasteiger partial charge is 0.186 e. The highest BCUT2D eigenvalue weighted by Gasteiger charge is 2.51. The Morgan fingerprint density at radius 1 is 0.633 bits per heavy atom. The van der Waals surface area contributed by atoms with Crippen molar-refractivity contribution in [2.45, 2.75) is 79.9 Å². The van der Waals surface area contributed by atoms with E-state index in [4.69, 9.17) is 23.7 Å². The van der Waals surface area contributed by atoms with Gasteiger partial charge in [-0.1, -0.05) is 0 Å². The topological polar surface area (TPSA) is 228 Å². The van der Waals surface area contributed by atoms with Crippen LogP contribution in [0.2, 0.25) is 0 Å². The molecule has 14 heteroatoms. The van der Waals surface area contributed by atoms with Gasteiger partial charge in [0.15, 0.2) is 18.9 Å². The predicted molar refractivity (Wildman–Crippen MR) is 89.2 cm³/mol. The highest BCUT2D eigenvalue weighted by atomic mass is 16.8. The Kier molecular flexibility index (Phi) is 7.97. The second-order valence-electron chi connectivity index (χ2n) is 7.44. The van der Waals surface area contributed by atoms with Crippen LogP contribution in [0.25, 0.3) is 0 Å². The molecule has 0 radical (unpaired) electrons. The predicted octanol–water partition coefficient (Wildman–Crippen LogP) is -6.29. The quantitative estimate of drug-likeness (QED) is 0.192. The first kappa shape index (κ1) is 24.1. The average Bonchev–Trinajstić information content (AvgIpc) is 2.72. The Morgan fingerprint density at radius 2 is 1.10 bits per heavy atom. The summed E-state index contributed by atoms with van der Waals surface area (Å²) in [5.41, 5.74) is 0. The maximum absolute atomic E-state index is 10.5. The van der Waals surface area contributed by atoms with E-state index in [1.165, 1.54) is 0 Å². The zero-order valence-corrected chi connectivity index (χ0v) is 15.7. The Labute approximate surface area is 170 Å². The molecule has 3 rings (SSSR count). The van der Waals surface area contributed by atoms with Crippen molar-refractivity contribution in [2.75, 3.05) is 19.8 Å². The molecule has 0 aliphatic carbocycles. The standard InChI is InChI=1S/C16H28O14/c17-1-6-9(22)12(29-15-10(23)7(20)4(18)2-26-15)13(14(25)28-6)30-16-11(24)8(21)5(19)3-27-16/h4-25H,1-3H2/t4-,5+,6+,7-,8+,9-,10+,11-,12-,13+,14+,15+,16-/m0/s1. The van der Waals surface area contributed by atoms with Gasteiger partial charge in [0.25, 0.3) is 0 Å². The van der Waals surface area contributed by atoms with Crippen molar-refractivity contribution in [3.63, 3.8) is 0 Å². The molecule has 13 atom stereocenters. The fraction of sp³-hybridized carbons (Fsp3) is 1.00. The normalized spacial score (nSPS) is 52.9. The van der Waals surface area contributed by atoms with Crippen LogP contribution in [0.4, 0.5) is 0 Å². The summed E-state index contributed by atoms with van der Waals surface area (Å²) >= 11 is 0. The van der Waals surface area contributed by atoms with E-state index in [-0.39, 0.29) is 0 Å². The molecule has 0 bridgehead atoms. The molecule has 176 valence electrons. The molecule has 3 saturated heterocycles. The molecule has 3 aliphatic heterocycles. The SMILES string of the molecule is OC[C@H]1O[C@@H](O)[C@H](O[C@@H]2OC[C@@H](O)[C@@H](O)[C@@H]2O)[C@@H](O[C@H]2OC[C@H](O)[C@H](O)[C@H]2O)[C@H]1O. The van der Waals surface area contributed by atoms with Crippen LogP contribution in [0.3, 0.4) is 0 Å². The van der Waals surface area contributed by atoms with Gasteiger partial charge in [0, 0.05) is 0 Å². The Bertz CT molecular complexity index is 552. The number of aliphatic hydroxyl groups excluding tert-OH is 9. The van der Waals surface area contributed by atoms with Crippen LogP contribution in [0, 0.1) is 0 Å². The first-order valence-electron chi connectivity index (χ1n) is 9.40. The van der Waals surface area contributed by atoms with E-state index < -0.39 is 99.7 Å². The van der Waals surface area contributed by atoms with Crippen LogP contribution >= 0.6 is 0 Å². The molecule has 30 heavy (non-hydrogen) atoms. The molecule has 3 heterocycles. The third kappa shape index (κ3) is 4.77. The Morgan fingerprint density at radius 3 is 1.57 bits per heavy atom. The number of hydrogen-bond donors (Lipinski definition) is 9. The largest absolute Gasteiger partial charge is 0.394 e. The van der Waals surface area contributed by atoms with Gasteiger partial charge in [0.05, 0.1) is 19.8 Å². The second-order valence-corrected chi connectivity index (χ2v) is 7.44. The second kappa shape index (κ2) is 9.93. The van der Waals surface area contributed by atoms with E-state index >= 15 is 0 Å². The summed E-state index contributed by atoms with van der Waals surface area (Å²) in [5, 5.41) is 89.0. The molecule has 0 spiro atoms. The summed E-state index contributed by atoms with van der Waals surface area (Å²) in [6, 6.07) is 0. The zero-order valence-electron chi connectivity index (χ0n) is 15.7. The summed E-state index contributed by atoms with van der Waals surface area (Å²) in [6.07, 6.45) is -20.4. The minimum Gasteiger partial charge on any atom is -0.394 e. The van der Waals surface area contributed by atoms with Crippen LogP contribution in [-0.4, -0.2) is 146 Å². The lowest BCUT2D eigenvalue weighted by Gasteiger charge is -2.46. The lowest BCUT2D eigenvalue weighted by Crippen LogP contribution is -2.65. The van der Waals surface area contributed by atoms with Crippen LogP contribution in [0.1, 0.15) is 0 Å². The summed E-state index contributed by atoms with van der Waals surface area (Å²) in [6.45, 7) is -1.50. The fourth-order valence-corrected chi connectivity index (χ4v) is 3.47. The minimum atomic E-state index is -1.81. The Hall–Kier alpha value is -0.560. The van der Waals surface area contributed by atoms with Gasteiger partial charge in [0.2, 0.25) is 0 Å². The van der Waals surface area contributed by atoms with Crippen molar-refractivity contribution in [3.05, 3.63) is 0 Å². The monoisotopic (exact) mass is 444 g/mol. The van der Waals surface area contributed by atoms with Gasteiger partial charge in [-0.15, -0.1) is 0 Å². The van der Waals surface area contributed by atoms with Crippen molar-refractivity contribution in [1.82, 2.24) is 0 Å². The summed E-state index contributed by atoms with van der Waals surface area (Å²) in [7, 11) is 0. The van der Waals surface area contributed by atoms with E-state index in [9.17, 15) is 46.0 Å². The lowest BCUT2D eigenvalue weighted by molar-refractivity contribution is -0.376. The average molecular weight is 444 g/mol. The molecule has 0 aromatic carbocycles. The summed E-state index contributed by atoms with van der Waals surface area (Å²) in [4.78, 5) is 0. The molecule has 0 unspecified atom stereocenters. The summed E-state index contributed by atoms with van der Waals surface area (Å²) in [5.74, 6) is 0. The van der Waals surface area contributed by atoms with Gasteiger partial charge in [-0.2, -0.15) is 0 Å². The molecular formula is C16H28O14. The highest BCUT2D eigenvalue weighted by molar-refractivity contribution is 4.94. The van der Waals surface area contributed by atoms with Gasteiger partial charge in [-0.3, -0.25) is 0 Å². The molecule has 14 nitrogen and oxygen atoms in total. The van der Waals surface area contributed by atoms with Crippen molar-refractivity contribution in [3.8, 4) is 0 Å². The van der Waals surface area contributed by atoms with Crippen molar-refractivity contribution >= 4 is 0 Å². The molecule has 0 saturated carbocycles. The van der Waals surface area contributed by atoms with E-state index in [1.807, 2.05) is 0 Å². The van der Waals surface area contributed by atoms with Crippen molar-refractivity contribution in [2.24, 2.45) is 0 Å². The Balaban J connectivity index is 1.77. The van der Waals surface area contributed by atoms with Gasteiger partial charge in [-0.25, -0.2) is 0 Å². The third-order valence-corrected chi connectivity index (χ3v) is 5.31. The van der Waals surface area contributed by atoms with Crippen molar-refractivity contribution in [1.29, 1.82) is 0 Å². The maximum atomic E-state index is 10.5. The third-order valence-electron chi connectivity index (χ3n) is 5.31. The first-order valence-corrected chi connectivity index (χ1v) is 9.40. The van der Waals surface area contributed by atoms with E-state index in [1.54, 1.807) is 0 Å². The van der Waals surface area contributed by atoms with E-state index in [2.05, 4.69) is 0 Å². The highest BCUT2D eigenvalue weighted by Crippen LogP contribution is 2.30. The van der Waals surface area contributed by atoms with Crippen LogP contribution in [0.15, 0.2) is 0 Å². The number of rotatable bonds is 5. The number of aliphatic hydroxyl groups is 9. The molecule has 0 amide bonds. The van der Waals surface area contributed by atoms with Gasteiger partial charge in [-0.05, 0) is 0 Å². The van der Waals surface area contributed by atoms with Gasteiger partial charge < -0.3 is 69.6 Å². The van der Waals surface area contributed by atoms with Crippen LogP contribution in [-0.2, 0) is 23.7 Å². The zero-order chi connectivity index (χ0) is 22.2. The van der Waals surface area contributed by atoms with Crippen molar-refractivity contribution < 1.29 is 69.6 Å². The first-order chi connectivity index (χ1) is 14.1. The minimum absolute atomic E-state index is 0.394. The lowest BCUT2D eigenvalue weighted by atomic mass is 9.97. The van der Waals surface area contributed by atoms with E-state index in [0.29, 0.717) is 0 Å². The van der Waals surface area contributed by atoms with Gasteiger partial charge in [0.1, 0.15) is 61.0 Å². The molecule has 3 aliphatic rings. The molecule has 9 N–H and O–H groups in total. The molecule has 0 aromatic rings. The van der Waals surface area contributed by atoms with Crippen LogP contribution in [0.5, 0.6) is 0 Å². The molecular weight excluding hydrogens is 416 g/mol. The summed E-state index contributed by atoms with van der Waals surface area (Å²) < 4.78 is 26.3. The van der Waals surface area contributed by atoms with Crippen LogP contribution < -0.4 is 0 Å². The molecule has 3 fully saturated rings. The number of ether oxygens (including phenoxy) is 5.